The lowest BCUT2D eigenvalue weighted by atomic mass is 10.0. The minimum Gasteiger partial charge on any atom is -0.507 e. The molecule has 2 N–H and O–H groups in total. The largest absolute Gasteiger partial charge is 0.507 e. The van der Waals surface area contributed by atoms with Crippen LogP contribution in [0, 0.1) is 0 Å². The molecular weight excluding hydrogens is 544 g/mol. The van der Waals surface area contributed by atoms with E-state index < -0.39 is 0 Å². The molecule has 3 aromatic carbocycles. The molecule has 0 atom stereocenters. The maximum atomic E-state index is 13.8. The van der Waals surface area contributed by atoms with E-state index in [1.807, 2.05) is 61.5 Å². The Morgan fingerprint density at radius 2 is 2.00 bits per heavy atom. The van der Waals surface area contributed by atoms with Crippen LogP contribution < -0.4 is 15.7 Å². The van der Waals surface area contributed by atoms with Crippen LogP contribution >= 0.6 is 23.1 Å². The van der Waals surface area contributed by atoms with E-state index in [1.54, 1.807) is 22.0 Å². The number of thioether (sulfide) groups is 1. The first kappa shape index (κ1) is 26.1. The molecular formula is C30H26N4O4S2. The summed E-state index contributed by atoms with van der Waals surface area (Å²) in [7, 11) is 0. The smallest absolute Gasteiger partial charge is 0.267 e. The van der Waals surface area contributed by atoms with E-state index in [4.69, 9.17) is 9.72 Å². The van der Waals surface area contributed by atoms with Crippen LogP contribution in [0.4, 0.5) is 0 Å². The number of nitrogens with zero attached hydrogens (tertiary/aromatic N) is 3. The van der Waals surface area contributed by atoms with Gasteiger partial charge in [0, 0.05) is 10.4 Å². The van der Waals surface area contributed by atoms with E-state index in [0.29, 0.717) is 39.0 Å². The van der Waals surface area contributed by atoms with Gasteiger partial charge in [-0.15, -0.1) is 11.3 Å². The number of nitrogens with one attached hydrogen (secondary N) is 1. The summed E-state index contributed by atoms with van der Waals surface area (Å²) < 4.78 is 7.15. The zero-order chi connectivity index (χ0) is 27.6. The summed E-state index contributed by atoms with van der Waals surface area (Å²) in [5.74, 6) is 0.431. The van der Waals surface area contributed by atoms with Crippen molar-refractivity contribution in [2.75, 3.05) is 12.4 Å². The zero-order valence-electron chi connectivity index (χ0n) is 21.7. The summed E-state index contributed by atoms with van der Waals surface area (Å²) in [6.07, 6.45) is 4.34. The van der Waals surface area contributed by atoms with Gasteiger partial charge in [0.15, 0.2) is 5.16 Å². The Labute approximate surface area is 238 Å². The Bertz CT molecular complexity index is 1830. The van der Waals surface area contributed by atoms with Crippen LogP contribution in [0.5, 0.6) is 11.5 Å². The number of aromatic hydroxyl groups is 1. The van der Waals surface area contributed by atoms with Crippen molar-refractivity contribution in [3.63, 3.8) is 0 Å². The fourth-order valence-corrected chi connectivity index (χ4v) is 7.07. The summed E-state index contributed by atoms with van der Waals surface area (Å²) >= 11 is 2.75. The number of ether oxygens (including phenoxy) is 1. The van der Waals surface area contributed by atoms with Gasteiger partial charge in [-0.3, -0.25) is 14.2 Å². The second kappa shape index (κ2) is 11.1. The van der Waals surface area contributed by atoms with E-state index in [1.165, 1.54) is 22.9 Å². The molecule has 0 fully saturated rings. The molecule has 0 spiro atoms. The topological polar surface area (TPSA) is 106 Å². The fourth-order valence-electron chi connectivity index (χ4n) is 4.96. The summed E-state index contributed by atoms with van der Waals surface area (Å²) in [4.78, 5) is 33.4. The summed E-state index contributed by atoms with van der Waals surface area (Å²) in [6.45, 7) is 2.47. The fraction of sp³-hybridized carbons (Fsp3) is 0.200. The van der Waals surface area contributed by atoms with Crippen LogP contribution in [0.15, 0.2) is 75.7 Å². The number of amides is 1. The predicted molar refractivity (Wildman–Crippen MR) is 160 cm³/mol. The van der Waals surface area contributed by atoms with Crippen LogP contribution in [0.2, 0.25) is 0 Å². The monoisotopic (exact) mass is 570 g/mol. The highest BCUT2D eigenvalue weighted by Gasteiger charge is 2.24. The number of thiophene rings is 1. The third kappa shape index (κ3) is 4.96. The van der Waals surface area contributed by atoms with Crippen LogP contribution in [0.3, 0.4) is 0 Å². The molecule has 0 saturated carbocycles. The van der Waals surface area contributed by atoms with Crippen LogP contribution in [0.1, 0.15) is 29.3 Å². The predicted octanol–water partition coefficient (Wildman–Crippen LogP) is 5.44. The highest BCUT2D eigenvalue weighted by molar-refractivity contribution is 7.99. The van der Waals surface area contributed by atoms with E-state index in [-0.39, 0.29) is 23.0 Å². The third-order valence-corrected chi connectivity index (χ3v) is 8.90. The average Bonchev–Trinajstić information content (AvgIpc) is 3.55. The van der Waals surface area contributed by atoms with Crippen molar-refractivity contribution in [3.8, 4) is 17.2 Å². The van der Waals surface area contributed by atoms with Crippen molar-refractivity contribution >= 4 is 56.2 Å². The SMILES string of the molecule is CCOc1ccc(-n2c(SCC(=O)N/N=C/c3c(O)ccc4ccccc34)nc3sc4c(c3c2=O)CCC4)cc1. The Hall–Kier alpha value is -4.15. The number of carbonyl (C=O) groups is 1. The van der Waals surface area contributed by atoms with E-state index in [9.17, 15) is 14.7 Å². The Kier molecular flexibility index (Phi) is 7.27. The quantitative estimate of drug-likeness (QED) is 0.111. The van der Waals surface area contributed by atoms with Crippen molar-refractivity contribution < 1.29 is 14.6 Å². The highest BCUT2D eigenvalue weighted by Crippen LogP contribution is 2.36. The van der Waals surface area contributed by atoms with Gasteiger partial charge in [0.1, 0.15) is 16.3 Å². The lowest BCUT2D eigenvalue weighted by Gasteiger charge is -2.13. The van der Waals surface area contributed by atoms with Gasteiger partial charge in [0.05, 0.1) is 29.6 Å². The van der Waals surface area contributed by atoms with Gasteiger partial charge in [-0.05, 0) is 72.9 Å². The molecule has 40 heavy (non-hydrogen) atoms. The number of benzene rings is 3. The number of hydrogen-bond donors (Lipinski definition) is 2. The molecule has 6 rings (SSSR count). The first-order valence-electron chi connectivity index (χ1n) is 13.0. The van der Waals surface area contributed by atoms with Crippen LogP contribution in [-0.4, -0.2) is 39.1 Å². The molecule has 0 bridgehead atoms. The minimum atomic E-state index is -0.359. The van der Waals surface area contributed by atoms with E-state index >= 15 is 0 Å². The maximum absolute atomic E-state index is 13.8. The summed E-state index contributed by atoms with van der Waals surface area (Å²) in [6, 6.07) is 18.4. The molecule has 0 saturated heterocycles. The van der Waals surface area contributed by atoms with Gasteiger partial charge in [-0.1, -0.05) is 42.1 Å². The summed E-state index contributed by atoms with van der Waals surface area (Å²) in [5, 5.41) is 17.3. The number of rotatable bonds is 8. The highest BCUT2D eigenvalue weighted by atomic mass is 32.2. The molecule has 202 valence electrons. The first-order chi connectivity index (χ1) is 19.5. The number of hydrazone groups is 1. The van der Waals surface area contributed by atoms with Gasteiger partial charge in [-0.2, -0.15) is 5.10 Å². The van der Waals surface area contributed by atoms with Crippen molar-refractivity contribution in [1.29, 1.82) is 0 Å². The first-order valence-corrected chi connectivity index (χ1v) is 14.8. The standard InChI is InChI=1S/C30H26N4O4S2/c1-2-38-20-13-11-19(12-14-20)34-29(37)27-22-8-5-9-25(22)40-28(27)32-30(34)39-17-26(36)33-31-16-23-21-7-4-3-6-18(21)10-15-24(23)35/h3-4,6-7,10-16,35H,2,5,8-9,17H2,1H3,(H,33,36)/b31-16+. The maximum Gasteiger partial charge on any atom is 0.267 e. The number of aryl methyl sites for hydroxylation is 2. The van der Waals surface area contributed by atoms with Gasteiger partial charge >= 0.3 is 0 Å². The number of aromatic nitrogens is 2. The number of phenolic OH excluding ortho intramolecular Hbond substituents is 1. The second-order valence-electron chi connectivity index (χ2n) is 9.30. The van der Waals surface area contributed by atoms with E-state index in [2.05, 4.69) is 10.5 Å². The van der Waals surface area contributed by atoms with Gasteiger partial charge in [0.25, 0.3) is 11.5 Å². The number of carbonyl (C=O) groups excluding carboxylic acids is 1. The molecule has 8 nitrogen and oxygen atoms in total. The third-order valence-electron chi connectivity index (χ3n) is 6.78. The second-order valence-corrected chi connectivity index (χ2v) is 11.3. The zero-order valence-corrected chi connectivity index (χ0v) is 23.3. The Morgan fingerprint density at radius 3 is 2.83 bits per heavy atom. The molecule has 0 aliphatic heterocycles. The lowest BCUT2D eigenvalue weighted by Crippen LogP contribution is -2.24. The molecule has 0 radical (unpaired) electrons. The number of phenols is 1. The van der Waals surface area contributed by atoms with Crippen LogP contribution in [0.25, 0.3) is 26.7 Å². The van der Waals surface area contributed by atoms with Crippen molar-refractivity contribution in [2.24, 2.45) is 5.10 Å². The number of fused-ring (bicyclic) bond motifs is 4. The van der Waals surface area contributed by atoms with Crippen molar-refractivity contribution in [2.45, 2.75) is 31.3 Å². The molecule has 1 amide bonds. The molecule has 1 aliphatic carbocycles. The van der Waals surface area contributed by atoms with Crippen molar-refractivity contribution in [1.82, 2.24) is 15.0 Å². The molecule has 5 aromatic rings. The summed E-state index contributed by atoms with van der Waals surface area (Å²) in [5.41, 5.74) is 4.69. The van der Waals surface area contributed by atoms with Gasteiger partial charge < -0.3 is 9.84 Å². The molecule has 2 aromatic heterocycles. The lowest BCUT2D eigenvalue weighted by molar-refractivity contribution is -0.118. The van der Waals surface area contributed by atoms with E-state index in [0.717, 1.165) is 35.6 Å². The molecule has 10 heteroatoms. The van der Waals surface area contributed by atoms with Gasteiger partial charge in [0.2, 0.25) is 0 Å². The molecule has 2 heterocycles. The Morgan fingerprint density at radius 1 is 1.18 bits per heavy atom. The molecule has 0 unspecified atom stereocenters. The minimum absolute atomic E-state index is 0.00107. The Balaban J connectivity index is 1.26. The molecule has 1 aliphatic rings. The average molecular weight is 571 g/mol. The van der Waals surface area contributed by atoms with Crippen LogP contribution in [-0.2, 0) is 17.6 Å². The normalized spacial score (nSPS) is 12.8. The number of hydrogen-bond acceptors (Lipinski definition) is 8. The van der Waals surface area contributed by atoms with Crippen molar-refractivity contribution in [3.05, 3.63) is 87.0 Å². The van der Waals surface area contributed by atoms with Gasteiger partial charge in [-0.25, -0.2) is 10.4 Å².